The third kappa shape index (κ3) is 4.47. The quantitative estimate of drug-likeness (QED) is 0.659. The number of carbonyl (C=O) groups is 3. The summed E-state index contributed by atoms with van der Waals surface area (Å²) in [4.78, 5) is 44.9. The van der Waals surface area contributed by atoms with Crippen LogP contribution in [0.3, 0.4) is 0 Å². The first-order valence-electron chi connectivity index (χ1n) is 12.2. The summed E-state index contributed by atoms with van der Waals surface area (Å²) in [7, 11) is 0. The van der Waals surface area contributed by atoms with Crippen LogP contribution in [-0.2, 0) is 16.1 Å². The first kappa shape index (κ1) is 21.9. The van der Waals surface area contributed by atoms with Crippen LogP contribution in [-0.4, -0.2) is 82.7 Å². The van der Waals surface area contributed by atoms with E-state index in [9.17, 15) is 14.4 Å². The molecule has 0 bridgehead atoms. The average molecular weight is 449 g/mol. The van der Waals surface area contributed by atoms with Crippen molar-refractivity contribution in [2.24, 2.45) is 0 Å². The maximum absolute atomic E-state index is 13.3. The second kappa shape index (κ2) is 9.51. The minimum absolute atomic E-state index is 0.00179. The van der Waals surface area contributed by atoms with E-state index in [1.807, 2.05) is 56.8 Å². The summed E-state index contributed by atoms with van der Waals surface area (Å²) in [5.41, 5.74) is 2.28. The first-order chi connectivity index (χ1) is 16.1. The van der Waals surface area contributed by atoms with Crippen molar-refractivity contribution >= 4 is 17.6 Å². The molecule has 4 heterocycles. The molecule has 0 aliphatic carbocycles. The molecule has 3 aliphatic heterocycles. The Morgan fingerprint density at radius 2 is 1.48 bits per heavy atom. The SMILES string of the molecule is O=C(c1ccccc1)c1ccc2n1CCC2C(=O)N1CCN(CC(=O)N2CCCCC2)CC1. The monoisotopic (exact) mass is 448 g/mol. The summed E-state index contributed by atoms with van der Waals surface area (Å²) in [6.07, 6.45) is 4.17. The zero-order chi connectivity index (χ0) is 22.8. The number of carbonyl (C=O) groups excluding carboxylic acids is 3. The Balaban J connectivity index is 1.18. The van der Waals surface area contributed by atoms with Crippen molar-refractivity contribution in [3.05, 3.63) is 59.4 Å². The van der Waals surface area contributed by atoms with Crippen molar-refractivity contribution in [2.45, 2.75) is 38.1 Å². The number of piperazine rings is 1. The maximum atomic E-state index is 13.3. The van der Waals surface area contributed by atoms with E-state index in [2.05, 4.69) is 4.90 Å². The van der Waals surface area contributed by atoms with Crippen LogP contribution in [0.15, 0.2) is 42.5 Å². The molecule has 0 radical (unpaired) electrons. The number of likely N-dealkylation sites (tertiary alicyclic amines) is 1. The standard InChI is InChI=1S/C26H32N4O3/c31-24(28-12-5-2-6-13-28)19-27-15-17-29(18-16-27)26(33)21-11-14-30-22(21)9-10-23(30)25(32)20-7-3-1-4-8-20/h1,3-4,7-10,21H,2,5-6,11-19H2. The lowest BCUT2D eigenvalue weighted by atomic mass is 10.0. The highest BCUT2D eigenvalue weighted by Crippen LogP contribution is 2.33. The van der Waals surface area contributed by atoms with Gasteiger partial charge in [0, 0.05) is 57.1 Å². The Morgan fingerprint density at radius 3 is 2.21 bits per heavy atom. The normalized spacial score (nSPS) is 21.2. The Bertz CT molecular complexity index is 1020. The molecule has 0 spiro atoms. The number of rotatable bonds is 5. The van der Waals surface area contributed by atoms with E-state index in [1.165, 1.54) is 6.42 Å². The smallest absolute Gasteiger partial charge is 0.236 e. The van der Waals surface area contributed by atoms with Gasteiger partial charge in [-0.1, -0.05) is 30.3 Å². The Labute approximate surface area is 194 Å². The second-order valence-corrected chi connectivity index (χ2v) is 9.37. The molecule has 2 aromatic rings. The van der Waals surface area contributed by atoms with Crippen molar-refractivity contribution in [1.29, 1.82) is 0 Å². The van der Waals surface area contributed by atoms with Gasteiger partial charge in [-0.25, -0.2) is 0 Å². The summed E-state index contributed by atoms with van der Waals surface area (Å²) in [5, 5.41) is 0. The van der Waals surface area contributed by atoms with Crippen LogP contribution in [0, 0.1) is 0 Å². The van der Waals surface area contributed by atoms with Crippen LogP contribution in [0.25, 0.3) is 0 Å². The van der Waals surface area contributed by atoms with Crippen LogP contribution >= 0.6 is 0 Å². The van der Waals surface area contributed by atoms with E-state index in [-0.39, 0.29) is 23.5 Å². The molecule has 1 aromatic carbocycles. The Morgan fingerprint density at radius 1 is 0.758 bits per heavy atom. The van der Waals surface area contributed by atoms with Gasteiger partial charge in [-0.15, -0.1) is 0 Å². The molecule has 7 nitrogen and oxygen atoms in total. The average Bonchev–Trinajstić information content (AvgIpc) is 3.47. The third-order valence-corrected chi connectivity index (χ3v) is 7.33. The summed E-state index contributed by atoms with van der Waals surface area (Å²) in [5.74, 6) is 0.178. The zero-order valence-electron chi connectivity index (χ0n) is 19.1. The molecule has 2 saturated heterocycles. The van der Waals surface area contributed by atoms with Crippen molar-refractivity contribution in [2.75, 3.05) is 45.8 Å². The fourth-order valence-electron chi connectivity index (χ4n) is 5.41. The summed E-state index contributed by atoms with van der Waals surface area (Å²) < 4.78 is 2.02. The van der Waals surface area contributed by atoms with E-state index in [1.54, 1.807) is 0 Å². The highest BCUT2D eigenvalue weighted by Gasteiger charge is 2.35. The molecule has 5 rings (SSSR count). The predicted octanol–water partition coefficient (Wildman–Crippen LogP) is 2.36. The van der Waals surface area contributed by atoms with E-state index < -0.39 is 0 Å². The van der Waals surface area contributed by atoms with Crippen molar-refractivity contribution < 1.29 is 14.4 Å². The molecule has 1 atom stereocenters. The number of aromatic nitrogens is 1. The molecule has 2 amide bonds. The van der Waals surface area contributed by atoms with Crippen molar-refractivity contribution in [3.8, 4) is 0 Å². The predicted molar refractivity (Wildman–Crippen MR) is 125 cm³/mol. The minimum Gasteiger partial charge on any atom is -0.342 e. The second-order valence-electron chi connectivity index (χ2n) is 9.37. The molecular formula is C26H32N4O3. The topological polar surface area (TPSA) is 65.9 Å². The van der Waals surface area contributed by atoms with Crippen molar-refractivity contribution in [1.82, 2.24) is 19.3 Å². The van der Waals surface area contributed by atoms with E-state index in [0.717, 1.165) is 51.1 Å². The molecule has 174 valence electrons. The summed E-state index contributed by atoms with van der Waals surface area (Å²) in [6, 6.07) is 13.1. The maximum Gasteiger partial charge on any atom is 0.236 e. The number of fused-ring (bicyclic) bond motifs is 1. The van der Waals surface area contributed by atoms with Crippen LogP contribution in [0.2, 0.25) is 0 Å². The van der Waals surface area contributed by atoms with Crippen LogP contribution in [0.1, 0.15) is 53.3 Å². The van der Waals surface area contributed by atoms with Crippen LogP contribution in [0.5, 0.6) is 0 Å². The van der Waals surface area contributed by atoms with E-state index in [0.29, 0.717) is 37.4 Å². The van der Waals surface area contributed by atoms with Gasteiger partial charge >= 0.3 is 0 Å². The van der Waals surface area contributed by atoms with Gasteiger partial charge < -0.3 is 14.4 Å². The molecule has 33 heavy (non-hydrogen) atoms. The molecule has 1 unspecified atom stereocenters. The summed E-state index contributed by atoms with van der Waals surface area (Å²) in [6.45, 7) is 5.68. The highest BCUT2D eigenvalue weighted by atomic mass is 16.2. The van der Waals surface area contributed by atoms with Crippen LogP contribution in [0.4, 0.5) is 0 Å². The lowest BCUT2D eigenvalue weighted by Crippen LogP contribution is -2.52. The van der Waals surface area contributed by atoms with Crippen molar-refractivity contribution in [3.63, 3.8) is 0 Å². The molecular weight excluding hydrogens is 416 g/mol. The molecule has 0 saturated carbocycles. The van der Waals surface area contributed by atoms with Gasteiger partial charge in [0.25, 0.3) is 0 Å². The van der Waals surface area contributed by atoms with Gasteiger partial charge in [0.05, 0.1) is 18.2 Å². The first-order valence-corrected chi connectivity index (χ1v) is 12.2. The van der Waals surface area contributed by atoms with Gasteiger partial charge in [0.1, 0.15) is 0 Å². The molecule has 0 N–H and O–H groups in total. The third-order valence-electron chi connectivity index (χ3n) is 7.33. The van der Waals surface area contributed by atoms with E-state index in [4.69, 9.17) is 0 Å². The van der Waals surface area contributed by atoms with Crippen LogP contribution < -0.4 is 0 Å². The fraction of sp³-hybridized carbons (Fsp3) is 0.500. The zero-order valence-corrected chi connectivity index (χ0v) is 19.1. The molecule has 7 heteroatoms. The number of hydrogen-bond acceptors (Lipinski definition) is 4. The van der Waals surface area contributed by atoms with Gasteiger partial charge in [-0.2, -0.15) is 0 Å². The molecule has 1 aromatic heterocycles. The molecule has 2 fully saturated rings. The number of nitrogens with zero attached hydrogens (tertiary/aromatic N) is 4. The number of amides is 2. The Hall–Kier alpha value is -2.93. The highest BCUT2D eigenvalue weighted by molar-refractivity contribution is 6.08. The van der Waals surface area contributed by atoms with Gasteiger partial charge in [-0.05, 0) is 37.8 Å². The van der Waals surface area contributed by atoms with Gasteiger partial charge in [0.15, 0.2) is 0 Å². The van der Waals surface area contributed by atoms with Gasteiger partial charge in [0.2, 0.25) is 17.6 Å². The number of piperidine rings is 1. The Kier molecular flexibility index (Phi) is 6.31. The molecule has 3 aliphatic rings. The largest absolute Gasteiger partial charge is 0.342 e. The van der Waals surface area contributed by atoms with Gasteiger partial charge in [-0.3, -0.25) is 19.3 Å². The number of benzene rings is 1. The summed E-state index contributed by atoms with van der Waals surface area (Å²) >= 11 is 0. The minimum atomic E-state index is -0.191. The fourth-order valence-corrected chi connectivity index (χ4v) is 5.41. The van der Waals surface area contributed by atoms with E-state index >= 15 is 0 Å². The number of hydrogen-bond donors (Lipinski definition) is 0. The number of ketones is 1. The lowest BCUT2D eigenvalue weighted by molar-refractivity contribution is -0.136. The lowest BCUT2D eigenvalue weighted by Gasteiger charge is -2.37.